The summed E-state index contributed by atoms with van der Waals surface area (Å²) >= 11 is 0. The van der Waals surface area contributed by atoms with E-state index in [2.05, 4.69) is 9.99 Å². The number of benzene rings is 4. The van der Waals surface area contributed by atoms with Gasteiger partial charge in [0.1, 0.15) is 23.3 Å². The van der Waals surface area contributed by atoms with Crippen LogP contribution in [-0.2, 0) is 9.57 Å². The lowest BCUT2D eigenvalue weighted by molar-refractivity contribution is 0.0392. The maximum atomic E-state index is 14.3. The molecule has 0 radical (unpaired) electrons. The highest BCUT2D eigenvalue weighted by atomic mass is 19.2. The molecule has 0 N–H and O–H groups in total. The number of hydrogen-bond donors (Lipinski definition) is 0. The third-order valence-corrected chi connectivity index (χ3v) is 5.87. The van der Waals surface area contributed by atoms with Crippen molar-refractivity contribution < 1.29 is 49.9 Å². The Kier molecular flexibility index (Phi) is 9.71. The van der Waals surface area contributed by atoms with Crippen LogP contribution < -0.4 is 0 Å². The Hall–Kier alpha value is -5.26. The summed E-state index contributed by atoms with van der Waals surface area (Å²) in [5.74, 6) is -17.3. The second kappa shape index (κ2) is 13.6. The van der Waals surface area contributed by atoms with Crippen LogP contribution in [0.2, 0.25) is 0 Å². The van der Waals surface area contributed by atoms with Crippen LogP contribution in [0.15, 0.2) is 90.1 Å². The second-order valence-corrected chi connectivity index (χ2v) is 8.77. The molecule has 0 aliphatic carbocycles. The molecule has 5 nitrogen and oxygen atoms in total. The van der Waals surface area contributed by atoms with E-state index in [4.69, 9.17) is 4.74 Å². The fourth-order valence-corrected chi connectivity index (χ4v) is 3.74. The van der Waals surface area contributed by atoms with E-state index in [1.54, 1.807) is 54.6 Å². The maximum absolute atomic E-state index is 14.3. The van der Waals surface area contributed by atoms with E-state index >= 15 is 0 Å². The molecule has 12 heteroatoms. The van der Waals surface area contributed by atoms with Gasteiger partial charge in [-0.1, -0.05) is 71.9 Å². The van der Waals surface area contributed by atoms with E-state index in [1.165, 1.54) is 18.2 Å². The lowest BCUT2D eigenvalue weighted by Gasteiger charge is -2.16. The molecule has 0 aromatic heterocycles. The number of carbonyl (C=O) groups is 2. The summed E-state index contributed by atoms with van der Waals surface area (Å²) in [5, 5.41) is 3.58. The molecule has 4 aromatic rings. The molecular formula is C31H18F7NO4. The Morgan fingerprint density at radius 1 is 0.721 bits per heavy atom. The van der Waals surface area contributed by atoms with Crippen LogP contribution in [0.5, 0.6) is 0 Å². The van der Waals surface area contributed by atoms with E-state index in [0.717, 1.165) is 12.1 Å². The summed E-state index contributed by atoms with van der Waals surface area (Å²) in [6.07, 6.45) is 1.28. The minimum absolute atomic E-state index is 0.173. The zero-order valence-electron chi connectivity index (χ0n) is 21.7. The summed E-state index contributed by atoms with van der Waals surface area (Å²) < 4.78 is 102. The van der Waals surface area contributed by atoms with Crippen LogP contribution in [-0.4, -0.2) is 23.8 Å². The lowest BCUT2D eigenvalue weighted by atomic mass is 10.0. The summed E-state index contributed by atoms with van der Waals surface area (Å²) in [4.78, 5) is 29.8. The Morgan fingerprint density at radius 3 is 1.91 bits per heavy atom. The highest BCUT2D eigenvalue weighted by Gasteiger charge is 2.31. The standard InChI is InChI=1S/C31H18F7NO4/c32-19-12-14-21(22(33)15-19)30(40)42-20(13-11-17-7-3-1-4-8-17)16-23(18-9-5-2-6-10-18)39-43-31(41)24-25(34)27(36)29(38)28(37)26(24)35/h1-15,20H,16H2/b13-11+,39-23-. The van der Waals surface area contributed by atoms with Crippen molar-refractivity contribution in [3.05, 3.63) is 148 Å². The number of hydrogen-bond acceptors (Lipinski definition) is 5. The molecule has 0 amide bonds. The van der Waals surface area contributed by atoms with Gasteiger partial charge in [-0.15, -0.1) is 0 Å². The quantitative estimate of drug-likeness (QED) is 0.0378. The van der Waals surface area contributed by atoms with Gasteiger partial charge >= 0.3 is 11.9 Å². The van der Waals surface area contributed by atoms with Gasteiger partial charge in [0, 0.05) is 12.5 Å². The van der Waals surface area contributed by atoms with Crippen molar-refractivity contribution in [1.82, 2.24) is 0 Å². The molecule has 43 heavy (non-hydrogen) atoms. The van der Waals surface area contributed by atoms with Crippen LogP contribution in [0, 0.1) is 40.7 Å². The summed E-state index contributed by atoms with van der Waals surface area (Å²) in [7, 11) is 0. The van der Waals surface area contributed by atoms with Gasteiger partial charge in [-0.05, 0) is 29.3 Å². The van der Waals surface area contributed by atoms with Crippen molar-refractivity contribution in [2.45, 2.75) is 12.5 Å². The molecule has 220 valence electrons. The normalized spacial score (nSPS) is 12.3. The number of nitrogens with zero attached hydrogens (tertiary/aromatic N) is 1. The summed E-state index contributed by atoms with van der Waals surface area (Å²) in [5.41, 5.74) is -1.73. The monoisotopic (exact) mass is 601 g/mol. The smallest absolute Gasteiger partial charge is 0.371 e. The Labute approximate surface area is 239 Å². The average molecular weight is 601 g/mol. The minimum Gasteiger partial charge on any atom is -0.454 e. The van der Waals surface area contributed by atoms with E-state index in [9.17, 15) is 40.3 Å². The van der Waals surface area contributed by atoms with Gasteiger partial charge in [0.25, 0.3) is 0 Å². The first-order chi connectivity index (χ1) is 20.6. The SMILES string of the molecule is O=C(OC(/C=C/c1ccccc1)C/C(=N/OC(=O)c1c(F)c(F)c(F)c(F)c1F)c1ccccc1)c1ccc(F)cc1F. The highest BCUT2D eigenvalue weighted by molar-refractivity contribution is 6.02. The fraction of sp³-hybridized carbons (Fsp3) is 0.0645. The van der Waals surface area contributed by atoms with Crippen LogP contribution >= 0.6 is 0 Å². The zero-order chi connectivity index (χ0) is 31.1. The van der Waals surface area contributed by atoms with E-state index in [0.29, 0.717) is 11.6 Å². The Balaban J connectivity index is 1.69. The minimum atomic E-state index is -2.47. The Morgan fingerprint density at radius 2 is 1.30 bits per heavy atom. The maximum Gasteiger partial charge on any atom is 0.371 e. The number of halogens is 7. The molecule has 4 aromatic carbocycles. The van der Waals surface area contributed by atoms with Crippen molar-refractivity contribution in [3.63, 3.8) is 0 Å². The number of ether oxygens (including phenoxy) is 1. The molecule has 0 aliphatic heterocycles. The van der Waals surface area contributed by atoms with Gasteiger partial charge in [0.15, 0.2) is 23.3 Å². The first-order valence-electron chi connectivity index (χ1n) is 12.3. The predicted molar refractivity (Wildman–Crippen MR) is 140 cm³/mol. The molecule has 1 unspecified atom stereocenters. The molecule has 1 atom stereocenters. The van der Waals surface area contributed by atoms with E-state index in [-0.39, 0.29) is 11.3 Å². The van der Waals surface area contributed by atoms with Gasteiger partial charge in [-0.2, -0.15) is 0 Å². The molecule has 0 saturated carbocycles. The molecule has 0 saturated heterocycles. The largest absolute Gasteiger partial charge is 0.454 e. The van der Waals surface area contributed by atoms with Crippen LogP contribution in [0.1, 0.15) is 38.3 Å². The molecule has 0 aliphatic rings. The highest BCUT2D eigenvalue weighted by Crippen LogP contribution is 2.24. The van der Waals surface area contributed by atoms with Gasteiger partial charge in [0.2, 0.25) is 5.82 Å². The molecule has 0 spiro atoms. The van der Waals surface area contributed by atoms with Gasteiger partial charge in [0.05, 0.1) is 11.3 Å². The van der Waals surface area contributed by atoms with Gasteiger partial charge in [-0.25, -0.2) is 40.3 Å². The van der Waals surface area contributed by atoms with Crippen LogP contribution in [0.25, 0.3) is 6.08 Å². The molecule has 0 fully saturated rings. The molecular weight excluding hydrogens is 583 g/mol. The molecule has 4 rings (SSSR count). The third-order valence-electron chi connectivity index (χ3n) is 5.87. The van der Waals surface area contributed by atoms with Crippen molar-refractivity contribution >= 4 is 23.7 Å². The summed E-state index contributed by atoms with van der Waals surface area (Å²) in [6.45, 7) is 0. The first kappa shape index (κ1) is 30.7. The predicted octanol–water partition coefficient (Wildman–Crippen LogP) is 7.55. The van der Waals surface area contributed by atoms with Crippen molar-refractivity contribution in [2.75, 3.05) is 0 Å². The first-order valence-corrected chi connectivity index (χ1v) is 12.3. The van der Waals surface area contributed by atoms with E-state index in [1.807, 2.05) is 0 Å². The topological polar surface area (TPSA) is 65.0 Å². The number of rotatable bonds is 9. The van der Waals surface area contributed by atoms with Crippen molar-refractivity contribution in [2.24, 2.45) is 5.16 Å². The Bertz CT molecular complexity index is 1680. The van der Waals surface area contributed by atoms with Crippen LogP contribution in [0.3, 0.4) is 0 Å². The van der Waals surface area contributed by atoms with Gasteiger partial charge < -0.3 is 9.57 Å². The van der Waals surface area contributed by atoms with E-state index < -0.39 is 76.3 Å². The van der Waals surface area contributed by atoms with Crippen LogP contribution in [0.4, 0.5) is 30.7 Å². The van der Waals surface area contributed by atoms with Gasteiger partial charge in [-0.3, -0.25) is 0 Å². The summed E-state index contributed by atoms with van der Waals surface area (Å²) in [6, 6.07) is 18.5. The molecule has 0 bridgehead atoms. The average Bonchev–Trinajstić information content (AvgIpc) is 3.00. The van der Waals surface area contributed by atoms with Crippen molar-refractivity contribution in [3.8, 4) is 0 Å². The molecule has 0 heterocycles. The fourth-order valence-electron chi connectivity index (χ4n) is 3.74. The zero-order valence-corrected chi connectivity index (χ0v) is 21.7. The third kappa shape index (κ3) is 7.34. The lowest BCUT2D eigenvalue weighted by Crippen LogP contribution is -2.22. The number of esters is 1. The number of oxime groups is 1. The second-order valence-electron chi connectivity index (χ2n) is 8.77. The van der Waals surface area contributed by atoms with Crippen molar-refractivity contribution in [1.29, 1.82) is 0 Å². The number of carbonyl (C=O) groups excluding carboxylic acids is 2.